The molecular weight excluding hydrogens is 238 g/mol. The fraction of sp³-hybridized carbons (Fsp3) is 0.688. The first-order chi connectivity index (χ1) is 9.07. The number of carboxylic acids is 1. The summed E-state index contributed by atoms with van der Waals surface area (Å²) in [6, 6.07) is 0. The van der Waals surface area contributed by atoms with E-state index in [1.54, 1.807) is 0 Å². The average Bonchev–Trinajstić information content (AvgIpc) is 2.69. The van der Waals surface area contributed by atoms with E-state index in [4.69, 9.17) is 0 Å². The maximum atomic E-state index is 11.2. The molecule has 4 aliphatic carbocycles. The van der Waals surface area contributed by atoms with Crippen molar-refractivity contribution in [3.05, 3.63) is 23.0 Å². The van der Waals surface area contributed by atoms with Crippen molar-refractivity contribution < 1.29 is 9.90 Å². The molecule has 4 saturated carbocycles. The Hall–Kier alpha value is -1.25. The topological polar surface area (TPSA) is 53.1 Å². The van der Waals surface area contributed by atoms with Crippen LogP contribution in [-0.2, 0) is 5.41 Å². The molecule has 0 amide bonds. The van der Waals surface area contributed by atoms with E-state index in [1.807, 2.05) is 13.1 Å². The Morgan fingerprint density at radius 1 is 1.21 bits per heavy atom. The van der Waals surface area contributed by atoms with Crippen LogP contribution in [0.3, 0.4) is 0 Å². The van der Waals surface area contributed by atoms with Crippen molar-refractivity contribution in [2.75, 3.05) is 0 Å². The Morgan fingerprint density at radius 2 is 1.74 bits per heavy atom. The summed E-state index contributed by atoms with van der Waals surface area (Å²) < 4.78 is 0. The minimum atomic E-state index is -0.825. The van der Waals surface area contributed by atoms with Crippen LogP contribution < -0.4 is 0 Å². The molecule has 0 radical (unpaired) electrons. The fourth-order valence-corrected chi connectivity index (χ4v) is 5.71. The van der Waals surface area contributed by atoms with Crippen LogP contribution in [0.5, 0.6) is 0 Å². The quantitative estimate of drug-likeness (QED) is 0.854. The van der Waals surface area contributed by atoms with Crippen LogP contribution >= 0.6 is 0 Å². The van der Waals surface area contributed by atoms with Gasteiger partial charge >= 0.3 is 5.97 Å². The molecule has 3 nitrogen and oxygen atoms in total. The standard InChI is InChI=1S/C16H21NO2/c1-9-13(8-17-14(9)15(18)19)16-5-10-2-11(6-16)4-12(3-10)7-16/h8,10-12,17H,2-7H2,1H3,(H,18,19). The maximum Gasteiger partial charge on any atom is 0.352 e. The van der Waals surface area contributed by atoms with E-state index in [0.29, 0.717) is 11.1 Å². The number of H-pyrrole nitrogens is 1. The van der Waals surface area contributed by atoms with Gasteiger partial charge in [0.25, 0.3) is 0 Å². The van der Waals surface area contributed by atoms with E-state index >= 15 is 0 Å². The Morgan fingerprint density at radius 3 is 2.16 bits per heavy atom. The summed E-state index contributed by atoms with van der Waals surface area (Å²) in [6.45, 7) is 1.98. The molecule has 0 spiro atoms. The van der Waals surface area contributed by atoms with E-state index in [-0.39, 0.29) is 0 Å². The van der Waals surface area contributed by atoms with Gasteiger partial charge in [-0.25, -0.2) is 4.79 Å². The molecule has 0 aromatic carbocycles. The highest BCUT2D eigenvalue weighted by molar-refractivity contribution is 5.87. The zero-order valence-electron chi connectivity index (χ0n) is 11.4. The van der Waals surface area contributed by atoms with E-state index in [2.05, 4.69) is 4.98 Å². The third-order valence-electron chi connectivity index (χ3n) is 5.96. The molecule has 1 aromatic heterocycles. The molecule has 1 aromatic rings. The Kier molecular flexibility index (Phi) is 2.22. The molecule has 0 atom stereocenters. The average molecular weight is 259 g/mol. The highest BCUT2D eigenvalue weighted by Gasteiger charge is 2.52. The van der Waals surface area contributed by atoms with Crippen molar-refractivity contribution in [3.8, 4) is 0 Å². The first-order valence-corrected chi connectivity index (χ1v) is 7.49. The summed E-state index contributed by atoms with van der Waals surface area (Å²) in [6.07, 6.45) is 10.1. The molecule has 2 N–H and O–H groups in total. The van der Waals surface area contributed by atoms with Gasteiger partial charge in [0.1, 0.15) is 5.69 Å². The zero-order chi connectivity index (χ0) is 13.2. The SMILES string of the molecule is Cc1c(C23CC4CC(CC(C4)C2)C3)c[nH]c1C(=O)O. The number of carbonyl (C=O) groups is 1. The third kappa shape index (κ3) is 1.53. The van der Waals surface area contributed by atoms with Crippen molar-refractivity contribution >= 4 is 5.97 Å². The van der Waals surface area contributed by atoms with Crippen molar-refractivity contribution in [3.63, 3.8) is 0 Å². The normalized spacial score (nSPS) is 39.7. The predicted molar refractivity (Wildman–Crippen MR) is 72.3 cm³/mol. The van der Waals surface area contributed by atoms with Gasteiger partial charge in [-0.1, -0.05) is 0 Å². The first kappa shape index (κ1) is 11.6. The van der Waals surface area contributed by atoms with Gasteiger partial charge in [0.15, 0.2) is 0 Å². The Labute approximate surface area is 113 Å². The summed E-state index contributed by atoms with van der Waals surface area (Å²) in [7, 11) is 0. The van der Waals surface area contributed by atoms with Gasteiger partial charge < -0.3 is 10.1 Å². The van der Waals surface area contributed by atoms with Crippen LogP contribution in [0, 0.1) is 24.7 Å². The van der Waals surface area contributed by atoms with Crippen LogP contribution in [0.25, 0.3) is 0 Å². The predicted octanol–water partition coefficient (Wildman–Crippen LogP) is 3.49. The lowest BCUT2D eigenvalue weighted by molar-refractivity contribution is -0.00539. The van der Waals surface area contributed by atoms with Gasteiger partial charge in [0.2, 0.25) is 0 Å². The second-order valence-corrected chi connectivity index (χ2v) is 7.21. The van der Waals surface area contributed by atoms with Crippen LogP contribution in [0.2, 0.25) is 0 Å². The van der Waals surface area contributed by atoms with Crippen LogP contribution in [-0.4, -0.2) is 16.1 Å². The van der Waals surface area contributed by atoms with Gasteiger partial charge in [-0.3, -0.25) is 0 Å². The first-order valence-electron chi connectivity index (χ1n) is 7.49. The number of aromatic nitrogens is 1. The number of aromatic carboxylic acids is 1. The monoisotopic (exact) mass is 259 g/mol. The van der Waals surface area contributed by atoms with Crippen LogP contribution in [0.4, 0.5) is 0 Å². The summed E-state index contributed by atoms with van der Waals surface area (Å²) >= 11 is 0. The lowest BCUT2D eigenvalue weighted by Crippen LogP contribution is -2.48. The lowest BCUT2D eigenvalue weighted by atomic mass is 9.48. The molecule has 0 saturated heterocycles. The molecule has 1 heterocycles. The van der Waals surface area contributed by atoms with Crippen molar-refractivity contribution in [1.82, 2.24) is 4.98 Å². The molecular formula is C16H21NO2. The summed E-state index contributed by atoms with van der Waals surface area (Å²) in [5.74, 6) is 1.87. The van der Waals surface area contributed by atoms with E-state index in [1.165, 1.54) is 44.1 Å². The number of rotatable bonds is 2. The van der Waals surface area contributed by atoms with Crippen molar-refractivity contribution in [2.45, 2.75) is 50.9 Å². The van der Waals surface area contributed by atoms with E-state index in [0.717, 1.165) is 23.3 Å². The molecule has 102 valence electrons. The molecule has 0 unspecified atom stereocenters. The minimum Gasteiger partial charge on any atom is -0.477 e. The molecule has 4 bridgehead atoms. The smallest absolute Gasteiger partial charge is 0.352 e. The van der Waals surface area contributed by atoms with Gasteiger partial charge in [-0.2, -0.15) is 0 Å². The molecule has 19 heavy (non-hydrogen) atoms. The molecule has 3 heteroatoms. The van der Waals surface area contributed by atoms with Crippen molar-refractivity contribution in [1.29, 1.82) is 0 Å². The van der Waals surface area contributed by atoms with E-state index in [9.17, 15) is 9.90 Å². The lowest BCUT2D eigenvalue weighted by Gasteiger charge is -2.57. The highest BCUT2D eigenvalue weighted by atomic mass is 16.4. The number of aromatic amines is 1. The molecule has 4 aliphatic rings. The number of carboxylic acid groups (broad SMARTS) is 1. The largest absolute Gasteiger partial charge is 0.477 e. The van der Waals surface area contributed by atoms with E-state index < -0.39 is 5.97 Å². The number of hydrogen-bond donors (Lipinski definition) is 2. The van der Waals surface area contributed by atoms with Gasteiger partial charge in [-0.05, 0) is 79.7 Å². The molecule has 4 fully saturated rings. The second-order valence-electron chi connectivity index (χ2n) is 7.21. The summed E-state index contributed by atoms with van der Waals surface area (Å²) in [4.78, 5) is 14.2. The van der Waals surface area contributed by atoms with Gasteiger partial charge in [0, 0.05) is 6.20 Å². The molecule has 5 rings (SSSR count). The maximum absolute atomic E-state index is 11.2. The summed E-state index contributed by atoms with van der Waals surface area (Å²) in [5, 5.41) is 9.23. The molecule has 0 aliphatic heterocycles. The fourth-order valence-electron chi connectivity index (χ4n) is 5.71. The second kappa shape index (κ2) is 3.65. The highest BCUT2D eigenvalue weighted by Crippen LogP contribution is 2.61. The summed E-state index contributed by atoms with van der Waals surface area (Å²) in [5.41, 5.74) is 2.98. The van der Waals surface area contributed by atoms with Crippen molar-refractivity contribution in [2.24, 2.45) is 17.8 Å². The minimum absolute atomic E-state index is 0.295. The van der Waals surface area contributed by atoms with Crippen LogP contribution in [0.1, 0.15) is 60.1 Å². The van der Waals surface area contributed by atoms with Gasteiger partial charge in [-0.15, -0.1) is 0 Å². The zero-order valence-corrected chi connectivity index (χ0v) is 11.4. The third-order valence-corrected chi connectivity index (χ3v) is 5.96. The Bertz CT molecular complexity index is 508. The number of hydrogen-bond acceptors (Lipinski definition) is 1. The Balaban J connectivity index is 1.77. The van der Waals surface area contributed by atoms with Crippen LogP contribution in [0.15, 0.2) is 6.20 Å². The van der Waals surface area contributed by atoms with Gasteiger partial charge in [0.05, 0.1) is 0 Å². The number of nitrogens with one attached hydrogen (secondary N) is 1.